The molecule has 2 heterocycles. The van der Waals surface area contributed by atoms with E-state index in [4.69, 9.17) is 19.2 Å². The van der Waals surface area contributed by atoms with Crippen LogP contribution < -0.4 is 20.1 Å². The molecule has 5 atom stereocenters. The molecule has 322 valence electrons. The summed E-state index contributed by atoms with van der Waals surface area (Å²) in [4.78, 5) is 63.3. The maximum atomic E-state index is 14.8. The van der Waals surface area contributed by atoms with E-state index in [0.29, 0.717) is 40.9 Å². The number of ether oxygens (including phenoxy) is 3. The summed E-state index contributed by atoms with van der Waals surface area (Å²) in [5.41, 5.74) is -1.15. The summed E-state index contributed by atoms with van der Waals surface area (Å²) in [5, 5.41) is 6.35. The number of carbonyl (C=O) groups is 4. The van der Waals surface area contributed by atoms with E-state index in [1.807, 2.05) is 42.5 Å². The van der Waals surface area contributed by atoms with Gasteiger partial charge in [-0.15, -0.1) is 6.58 Å². The number of likely N-dealkylation sites (tertiary alicyclic amines) is 1. The van der Waals surface area contributed by atoms with Gasteiger partial charge in [-0.25, -0.2) is 22.5 Å². The number of nitrogens with zero attached hydrogens (tertiary/aromatic N) is 3. The number of rotatable bonds is 13. The lowest BCUT2D eigenvalue weighted by Gasteiger charge is -2.36. The Morgan fingerprint density at radius 2 is 1.70 bits per heavy atom. The molecule has 2 aromatic carbocycles. The summed E-state index contributed by atoms with van der Waals surface area (Å²) in [5.74, 6) is -1.37. The number of nitrogens with one attached hydrogen (secondary N) is 2. The van der Waals surface area contributed by atoms with Crippen LogP contribution in [0, 0.1) is 17.3 Å². The van der Waals surface area contributed by atoms with Crippen molar-refractivity contribution in [1.82, 2.24) is 24.8 Å². The fourth-order valence-corrected chi connectivity index (χ4v) is 10.7. The molecule has 1 saturated heterocycles. The molecule has 4 fully saturated rings. The lowest BCUT2D eigenvalue weighted by molar-refractivity contribution is -0.143. The summed E-state index contributed by atoms with van der Waals surface area (Å²) >= 11 is 0. The van der Waals surface area contributed by atoms with Gasteiger partial charge in [0.05, 0.1) is 29.6 Å². The Morgan fingerprint density at radius 1 is 1.02 bits per heavy atom. The molecule has 3 saturated carbocycles. The van der Waals surface area contributed by atoms with E-state index in [0.717, 1.165) is 22.7 Å². The zero-order valence-electron chi connectivity index (χ0n) is 35.7. The number of hydrogen-bond donors (Lipinski definition) is 2. The highest BCUT2D eigenvalue weighted by Crippen LogP contribution is 2.60. The third-order valence-corrected chi connectivity index (χ3v) is 14.9. The van der Waals surface area contributed by atoms with Gasteiger partial charge < -0.3 is 29.7 Å². The largest absolute Gasteiger partial charge is 0.497 e. The zero-order valence-corrected chi connectivity index (χ0v) is 36.6. The number of sulfonamides is 1. The van der Waals surface area contributed by atoms with Crippen molar-refractivity contribution in [3.8, 4) is 22.8 Å². The molecule has 60 heavy (non-hydrogen) atoms. The Labute approximate surface area is 352 Å². The number of pyridine rings is 1. The van der Waals surface area contributed by atoms with Crippen molar-refractivity contribution in [2.24, 2.45) is 17.3 Å². The van der Waals surface area contributed by atoms with E-state index in [2.05, 4.69) is 17.2 Å². The minimum absolute atomic E-state index is 0.0173. The molecule has 5 unspecified atom stereocenters. The van der Waals surface area contributed by atoms with Gasteiger partial charge in [0.1, 0.15) is 40.8 Å². The van der Waals surface area contributed by atoms with Gasteiger partial charge in [-0.1, -0.05) is 57.2 Å². The molecule has 14 nitrogen and oxygen atoms in total. The molecule has 0 radical (unpaired) electrons. The second-order valence-electron chi connectivity index (χ2n) is 18.8. The van der Waals surface area contributed by atoms with Crippen LogP contribution in [-0.4, -0.2) is 101 Å². The molecule has 15 heteroatoms. The molecule has 7 rings (SSSR count). The fourth-order valence-electron chi connectivity index (χ4n) is 8.54. The molecule has 4 amide bonds. The van der Waals surface area contributed by atoms with Crippen LogP contribution in [0.1, 0.15) is 80.1 Å². The van der Waals surface area contributed by atoms with Crippen molar-refractivity contribution >= 4 is 44.7 Å². The molecular weight excluding hydrogens is 787 g/mol. The minimum atomic E-state index is -4.01. The number of hydrogen-bond acceptors (Lipinski definition) is 10. The number of benzene rings is 2. The van der Waals surface area contributed by atoms with Crippen LogP contribution in [0.3, 0.4) is 0 Å². The maximum absolute atomic E-state index is 14.8. The lowest BCUT2D eigenvalue weighted by atomic mass is 9.85. The quantitative estimate of drug-likeness (QED) is 0.195. The van der Waals surface area contributed by atoms with Crippen LogP contribution in [-0.2, 0) is 29.1 Å². The number of likely N-dealkylation sites (N-methyl/N-ethyl adjacent to an activating group) is 1. The van der Waals surface area contributed by atoms with Crippen molar-refractivity contribution in [1.29, 1.82) is 0 Å². The van der Waals surface area contributed by atoms with Crippen LogP contribution in [0.2, 0.25) is 0 Å². The fraction of sp³-hybridized carbons (Fsp3) is 0.533. The first-order valence-corrected chi connectivity index (χ1v) is 22.1. The van der Waals surface area contributed by atoms with Crippen LogP contribution in [0.4, 0.5) is 4.79 Å². The van der Waals surface area contributed by atoms with Gasteiger partial charge in [0.25, 0.3) is 5.91 Å². The molecule has 0 bridgehead atoms. The van der Waals surface area contributed by atoms with Crippen LogP contribution in [0.25, 0.3) is 22.2 Å². The maximum Gasteiger partial charge on any atom is 0.408 e. The summed E-state index contributed by atoms with van der Waals surface area (Å²) in [6.07, 6.45) is 2.80. The predicted octanol–water partition coefficient (Wildman–Crippen LogP) is 5.99. The highest BCUT2D eigenvalue weighted by Gasteiger charge is 2.68. The van der Waals surface area contributed by atoms with Gasteiger partial charge in [-0.2, -0.15) is 0 Å². The second kappa shape index (κ2) is 15.4. The Balaban J connectivity index is 1.22. The van der Waals surface area contributed by atoms with Crippen molar-refractivity contribution in [3.63, 3.8) is 0 Å². The Hall–Kier alpha value is -5.18. The molecule has 2 N–H and O–H groups in total. The van der Waals surface area contributed by atoms with Crippen molar-refractivity contribution < 1.29 is 41.8 Å². The van der Waals surface area contributed by atoms with E-state index in [1.54, 1.807) is 66.9 Å². The van der Waals surface area contributed by atoms with Gasteiger partial charge in [0.2, 0.25) is 21.8 Å². The molecule has 1 aliphatic heterocycles. The lowest BCUT2D eigenvalue weighted by Crippen LogP contribution is -2.60. The SMILES string of the molecule is C=CC1CC1(NC(=O)C1CC(Oc2cc(-c3ccccc3)nc3cc(OC)ccc23)CN1C(=O)C(NC(=O)OC(C)(C)C)C(C)(C)C)C(=O)N(C)S(=O)(=O)C1(C2CC2)CC1. The predicted molar refractivity (Wildman–Crippen MR) is 226 cm³/mol. The number of aromatic nitrogens is 1. The van der Waals surface area contributed by atoms with Gasteiger partial charge in [-0.05, 0) is 76.3 Å². The number of methoxy groups -OCH3 is 1. The normalized spacial score (nSPS) is 23.9. The van der Waals surface area contributed by atoms with Gasteiger partial charge in [0, 0.05) is 42.5 Å². The molecule has 3 aliphatic carbocycles. The third kappa shape index (κ3) is 8.16. The summed E-state index contributed by atoms with van der Waals surface area (Å²) in [6, 6.07) is 14.6. The standard InChI is InChI=1S/C45H57N5O9S/c1-10-28-25-45(28,40(53)49(8)60(55,56)44(20-21-44)29-16-17-29)48-38(51)35-23-31(26-50(35)39(52)37(42(2,3)4)47-41(54)59-43(5,6)7)58-36-24-33(27-14-12-11-13-15-27)46-34-22-30(57-9)18-19-32(34)36/h10-15,18-19,22,24,28-29,31,35,37H,1,16-17,20-21,23,25-26H2,2-9H3,(H,47,54)(H,48,51). The Bertz CT molecular complexity index is 2310. The molecule has 1 aromatic heterocycles. The smallest absolute Gasteiger partial charge is 0.408 e. The highest BCUT2D eigenvalue weighted by atomic mass is 32.2. The summed E-state index contributed by atoms with van der Waals surface area (Å²) in [6.45, 7) is 14.4. The van der Waals surface area contributed by atoms with Gasteiger partial charge in [-0.3, -0.25) is 14.4 Å². The topological polar surface area (TPSA) is 174 Å². The number of carbonyl (C=O) groups excluding carboxylic acids is 4. The zero-order chi connectivity index (χ0) is 43.6. The Morgan fingerprint density at radius 3 is 2.27 bits per heavy atom. The Kier molecular flexibility index (Phi) is 11.0. The molecular formula is C45H57N5O9S. The highest BCUT2D eigenvalue weighted by molar-refractivity contribution is 7.91. The molecule has 3 aromatic rings. The van der Waals surface area contributed by atoms with Crippen molar-refractivity contribution in [2.45, 2.75) is 114 Å². The third-order valence-electron chi connectivity index (χ3n) is 12.2. The second-order valence-corrected chi connectivity index (χ2v) is 21.1. The number of fused-ring (bicyclic) bond motifs is 1. The van der Waals surface area contributed by atoms with E-state index < -0.39 is 79.2 Å². The van der Waals surface area contributed by atoms with Gasteiger partial charge in [0.15, 0.2) is 0 Å². The van der Waals surface area contributed by atoms with E-state index in [-0.39, 0.29) is 25.3 Å². The first-order valence-electron chi connectivity index (χ1n) is 20.6. The average Bonchev–Trinajstić information content (AvgIpc) is 4.10. The van der Waals surface area contributed by atoms with E-state index in [1.165, 1.54) is 11.9 Å². The van der Waals surface area contributed by atoms with E-state index in [9.17, 15) is 27.6 Å². The summed E-state index contributed by atoms with van der Waals surface area (Å²) < 4.78 is 45.5. The summed E-state index contributed by atoms with van der Waals surface area (Å²) in [7, 11) is -1.16. The van der Waals surface area contributed by atoms with Gasteiger partial charge >= 0.3 is 6.09 Å². The van der Waals surface area contributed by atoms with Crippen LogP contribution in [0.5, 0.6) is 11.5 Å². The van der Waals surface area contributed by atoms with Crippen molar-refractivity contribution in [2.75, 3.05) is 20.7 Å². The van der Waals surface area contributed by atoms with E-state index >= 15 is 0 Å². The van der Waals surface area contributed by atoms with Crippen LogP contribution >= 0.6 is 0 Å². The minimum Gasteiger partial charge on any atom is -0.497 e. The van der Waals surface area contributed by atoms with Crippen LogP contribution in [0.15, 0.2) is 67.3 Å². The molecule has 4 aliphatic rings. The van der Waals surface area contributed by atoms with Crippen molar-refractivity contribution in [3.05, 3.63) is 67.3 Å². The first kappa shape index (κ1) is 42.9. The number of amides is 4. The average molecular weight is 844 g/mol. The monoisotopic (exact) mass is 843 g/mol. The first-order chi connectivity index (χ1) is 28.1. The molecule has 0 spiro atoms. The number of alkyl carbamates (subject to hydrolysis) is 1.